The largest absolute Gasteiger partial charge is 0.491 e. The summed E-state index contributed by atoms with van der Waals surface area (Å²) in [5.41, 5.74) is 7.72. The van der Waals surface area contributed by atoms with Crippen molar-refractivity contribution < 1.29 is 9.53 Å². The van der Waals surface area contributed by atoms with Gasteiger partial charge < -0.3 is 15.4 Å². The lowest BCUT2D eigenvalue weighted by Crippen LogP contribution is -2.31. The first-order chi connectivity index (χ1) is 9.13. The summed E-state index contributed by atoms with van der Waals surface area (Å²) < 4.78 is 5.63. The molecule has 0 bridgehead atoms. The van der Waals surface area contributed by atoms with Gasteiger partial charge in [0.05, 0.1) is 18.7 Å². The van der Waals surface area contributed by atoms with E-state index in [4.69, 9.17) is 10.5 Å². The van der Waals surface area contributed by atoms with Crippen LogP contribution in [0.1, 0.15) is 31.4 Å². The van der Waals surface area contributed by atoms with Gasteiger partial charge in [-0.2, -0.15) is 0 Å². The van der Waals surface area contributed by atoms with Crippen LogP contribution in [0.4, 0.5) is 5.69 Å². The second kappa shape index (κ2) is 5.89. The lowest BCUT2D eigenvalue weighted by atomic mass is 10.1. The first-order valence-corrected chi connectivity index (χ1v) is 6.57. The Hall–Kier alpha value is -1.81. The molecule has 0 saturated heterocycles. The standard InChI is InChI=1S/C15H20N2O2/c1-3-4-8-17-13-10-12(11(2)16)5-6-14(13)19-9-7-15(17)18/h3,5-6,10-11H,1,4,7-9,16H2,2H3. The van der Waals surface area contributed by atoms with Gasteiger partial charge in [0.15, 0.2) is 0 Å². The van der Waals surface area contributed by atoms with Gasteiger partial charge in [-0.3, -0.25) is 4.79 Å². The third-order valence-corrected chi connectivity index (χ3v) is 3.23. The molecule has 4 nitrogen and oxygen atoms in total. The van der Waals surface area contributed by atoms with Gasteiger partial charge in [-0.1, -0.05) is 12.1 Å². The number of hydrogen-bond acceptors (Lipinski definition) is 3. The third kappa shape index (κ3) is 2.96. The molecule has 0 aromatic heterocycles. The Morgan fingerprint density at radius 1 is 1.58 bits per heavy atom. The van der Waals surface area contributed by atoms with Crippen molar-refractivity contribution in [2.24, 2.45) is 5.73 Å². The number of nitrogens with two attached hydrogens (primary N) is 1. The predicted molar refractivity (Wildman–Crippen MR) is 76.3 cm³/mol. The average molecular weight is 260 g/mol. The number of hydrogen-bond donors (Lipinski definition) is 1. The van der Waals surface area contributed by atoms with E-state index in [1.165, 1.54) is 0 Å². The van der Waals surface area contributed by atoms with E-state index in [-0.39, 0.29) is 11.9 Å². The van der Waals surface area contributed by atoms with E-state index in [1.54, 1.807) is 4.90 Å². The third-order valence-electron chi connectivity index (χ3n) is 3.23. The first kappa shape index (κ1) is 13.6. The Labute approximate surface area is 113 Å². The van der Waals surface area contributed by atoms with Crippen LogP contribution in [0.15, 0.2) is 30.9 Å². The minimum absolute atomic E-state index is 0.0649. The number of anilines is 1. The molecule has 0 fully saturated rings. The van der Waals surface area contributed by atoms with E-state index in [9.17, 15) is 4.79 Å². The molecule has 1 atom stereocenters. The maximum absolute atomic E-state index is 12.1. The molecule has 0 radical (unpaired) electrons. The Kier molecular flexibility index (Phi) is 4.22. The van der Waals surface area contributed by atoms with Gasteiger partial charge in [0.1, 0.15) is 5.75 Å². The molecule has 1 aliphatic rings. The molecule has 102 valence electrons. The van der Waals surface area contributed by atoms with E-state index in [0.29, 0.717) is 19.6 Å². The minimum atomic E-state index is -0.0649. The van der Waals surface area contributed by atoms with Crippen LogP contribution in [0.3, 0.4) is 0 Å². The second-order valence-electron chi connectivity index (χ2n) is 4.74. The number of nitrogens with zero attached hydrogens (tertiary/aromatic N) is 1. The molecule has 0 saturated carbocycles. The van der Waals surface area contributed by atoms with Gasteiger partial charge in [-0.25, -0.2) is 0 Å². The monoisotopic (exact) mass is 260 g/mol. The first-order valence-electron chi connectivity index (χ1n) is 6.57. The highest BCUT2D eigenvalue weighted by molar-refractivity contribution is 5.95. The summed E-state index contributed by atoms with van der Waals surface area (Å²) in [4.78, 5) is 13.9. The van der Waals surface area contributed by atoms with Crippen molar-refractivity contribution >= 4 is 11.6 Å². The van der Waals surface area contributed by atoms with E-state index in [2.05, 4.69) is 6.58 Å². The number of fused-ring (bicyclic) bond motifs is 1. The zero-order chi connectivity index (χ0) is 13.8. The SMILES string of the molecule is C=CCCN1C(=O)CCOc2ccc(C(C)N)cc21. The molecule has 1 aliphatic heterocycles. The Morgan fingerprint density at radius 3 is 3.05 bits per heavy atom. The zero-order valence-electron chi connectivity index (χ0n) is 11.3. The highest BCUT2D eigenvalue weighted by Gasteiger charge is 2.23. The fraction of sp³-hybridized carbons (Fsp3) is 0.400. The van der Waals surface area contributed by atoms with Crippen molar-refractivity contribution in [2.45, 2.75) is 25.8 Å². The normalized spacial score (nSPS) is 16.3. The molecule has 4 heteroatoms. The van der Waals surface area contributed by atoms with Crippen LogP contribution in [0.2, 0.25) is 0 Å². The lowest BCUT2D eigenvalue weighted by molar-refractivity contribution is -0.118. The molecule has 1 aromatic rings. The lowest BCUT2D eigenvalue weighted by Gasteiger charge is -2.22. The number of rotatable bonds is 4. The smallest absolute Gasteiger partial charge is 0.230 e. The fourth-order valence-corrected chi connectivity index (χ4v) is 2.13. The van der Waals surface area contributed by atoms with Crippen molar-refractivity contribution in [2.75, 3.05) is 18.1 Å². The van der Waals surface area contributed by atoms with Crippen molar-refractivity contribution in [3.63, 3.8) is 0 Å². The summed E-state index contributed by atoms with van der Waals surface area (Å²) in [5, 5.41) is 0. The average Bonchev–Trinajstić information content (AvgIpc) is 2.54. The Morgan fingerprint density at radius 2 is 2.37 bits per heavy atom. The van der Waals surface area contributed by atoms with E-state index in [0.717, 1.165) is 23.4 Å². The number of amides is 1. The number of carbonyl (C=O) groups is 1. The molecule has 2 rings (SSSR count). The summed E-state index contributed by atoms with van der Waals surface area (Å²) in [5.74, 6) is 0.835. The highest BCUT2D eigenvalue weighted by Crippen LogP contribution is 2.33. The topological polar surface area (TPSA) is 55.6 Å². The summed E-state index contributed by atoms with van der Waals surface area (Å²) in [7, 11) is 0. The van der Waals surface area contributed by atoms with Crippen molar-refractivity contribution in [1.29, 1.82) is 0 Å². The van der Waals surface area contributed by atoms with Crippen molar-refractivity contribution in [3.05, 3.63) is 36.4 Å². The number of benzene rings is 1. The maximum atomic E-state index is 12.1. The van der Waals surface area contributed by atoms with Gasteiger partial charge in [0.25, 0.3) is 0 Å². The van der Waals surface area contributed by atoms with Gasteiger partial charge in [0, 0.05) is 12.6 Å². The molecule has 2 N–H and O–H groups in total. The molecular formula is C15H20N2O2. The Bertz CT molecular complexity index is 483. The summed E-state index contributed by atoms with van der Waals surface area (Å²) in [6, 6.07) is 5.73. The van der Waals surface area contributed by atoms with Crippen LogP contribution < -0.4 is 15.4 Å². The molecule has 1 unspecified atom stereocenters. The fourth-order valence-electron chi connectivity index (χ4n) is 2.13. The maximum Gasteiger partial charge on any atom is 0.230 e. The number of ether oxygens (including phenoxy) is 1. The Balaban J connectivity index is 2.40. The molecule has 19 heavy (non-hydrogen) atoms. The van der Waals surface area contributed by atoms with Crippen molar-refractivity contribution in [3.8, 4) is 5.75 Å². The van der Waals surface area contributed by atoms with Gasteiger partial charge in [0.2, 0.25) is 5.91 Å². The molecule has 0 spiro atoms. The van der Waals surface area contributed by atoms with Crippen molar-refractivity contribution in [1.82, 2.24) is 0 Å². The van der Waals surface area contributed by atoms with E-state index in [1.807, 2.05) is 31.2 Å². The van der Waals surface area contributed by atoms with Crippen LogP contribution in [-0.4, -0.2) is 19.1 Å². The number of carbonyl (C=O) groups excluding carboxylic acids is 1. The minimum Gasteiger partial charge on any atom is -0.491 e. The molecule has 1 heterocycles. The van der Waals surface area contributed by atoms with Gasteiger partial charge in [-0.15, -0.1) is 6.58 Å². The van der Waals surface area contributed by atoms with Gasteiger partial charge >= 0.3 is 0 Å². The van der Waals surface area contributed by atoms with Gasteiger partial charge in [-0.05, 0) is 31.0 Å². The molecule has 1 aromatic carbocycles. The summed E-state index contributed by atoms with van der Waals surface area (Å²) >= 11 is 0. The van der Waals surface area contributed by atoms with Crippen LogP contribution >= 0.6 is 0 Å². The predicted octanol–water partition coefficient (Wildman–Crippen LogP) is 2.40. The quantitative estimate of drug-likeness (QED) is 0.846. The summed E-state index contributed by atoms with van der Waals surface area (Å²) in [6.07, 6.45) is 2.97. The van der Waals surface area contributed by atoms with Crippen LogP contribution in [-0.2, 0) is 4.79 Å². The summed E-state index contributed by atoms with van der Waals surface area (Å²) in [6.45, 7) is 6.68. The molecule has 0 aliphatic carbocycles. The zero-order valence-corrected chi connectivity index (χ0v) is 11.3. The van der Waals surface area contributed by atoms with Crippen LogP contribution in [0.5, 0.6) is 5.75 Å². The highest BCUT2D eigenvalue weighted by atomic mass is 16.5. The van der Waals surface area contributed by atoms with Crippen LogP contribution in [0.25, 0.3) is 0 Å². The van der Waals surface area contributed by atoms with Crippen LogP contribution in [0, 0.1) is 0 Å². The molecule has 1 amide bonds. The second-order valence-corrected chi connectivity index (χ2v) is 4.74. The van der Waals surface area contributed by atoms with E-state index >= 15 is 0 Å². The van der Waals surface area contributed by atoms with E-state index < -0.39 is 0 Å². The molecular weight excluding hydrogens is 240 g/mol.